The molecule has 30 heavy (non-hydrogen) atoms. The Labute approximate surface area is 181 Å². The van der Waals surface area contributed by atoms with Crippen LogP contribution in [0.25, 0.3) is 0 Å². The van der Waals surface area contributed by atoms with Crippen molar-refractivity contribution in [3.05, 3.63) is 47.1 Å². The summed E-state index contributed by atoms with van der Waals surface area (Å²) in [5.74, 6) is -0.715. The fourth-order valence-electron chi connectivity index (χ4n) is 4.09. The minimum absolute atomic E-state index is 0.133. The van der Waals surface area contributed by atoms with Gasteiger partial charge in [-0.15, -0.1) is 11.8 Å². The molecule has 1 saturated carbocycles. The molecule has 0 aromatic heterocycles. The van der Waals surface area contributed by atoms with Crippen molar-refractivity contribution in [1.82, 2.24) is 5.32 Å². The minimum Gasteiger partial charge on any atom is -0.480 e. The zero-order valence-electron chi connectivity index (χ0n) is 17.5. The summed E-state index contributed by atoms with van der Waals surface area (Å²) in [5, 5.41) is 33.9. The SMILES string of the molecule is CC(=O)N[C@@H](CSC1=CC=C[NH+]2C1[C@](C)(O)[C@@H](O)[C@@H]2/C=C(C)/C=C/C1CC1)C(=O)O. The molecule has 8 heteroatoms. The Morgan fingerprint density at radius 2 is 2.10 bits per heavy atom. The number of quaternary nitrogens is 1. The third-order valence-corrected chi connectivity index (χ3v) is 7.07. The summed E-state index contributed by atoms with van der Waals surface area (Å²) in [6.45, 7) is 4.91. The number of carbonyl (C=O) groups is 2. The van der Waals surface area contributed by atoms with Gasteiger partial charge in [-0.05, 0) is 56.4 Å². The van der Waals surface area contributed by atoms with Crippen molar-refractivity contribution in [2.75, 3.05) is 5.75 Å². The van der Waals surface area contributed by atoms with E-state index in [4.69, 9.17) is 0 Å². The van der Waals surface area contributed by atoms with E-state index in [0.29, 0.717) is 5.92 Å². The number of allylic oxidation sites excluding steroid dienone is 5. The minimum atomic E-state index is -1.38. The number of carbonyl (C=O) groups excluding carboxylic acids is 1. The molecule has 2 heterocycles. The molecule has 3 aliphatic rings. The van der Waals surface area contributed by atoms with E-state index in [9.17, 15) is 24.9 Å². The van der Waals surface area contributed by atoms with Crippen LogP contribution in [-0.4, -0.2) is 62.8 Å². The van der Waals surface area contributed by atoms with Crippen LogP contribution in [-0.2, 0) is 9.59 Å². The lowest BCUT2D eigenvalue weighted by atomic mass is 9.91. The Morgan fingerprint density at radius 3 is 2.70 bits per heavy atom. The third kappa shape index (κ3) is 5.06. The molecule has 6 atom stereocenters. The van der Waals surface area contributed by atoms with Crippen LogP contribution >= 0.6 is 11.8 Å². The van der Waals surface area contributed by atoms with Gasteiger partial charge in [0, 0.05) is 17.6 Å². The van der Waals surface area contributed by atoms with Crippen LogP contribution in [0.2, 0.25) is 0 Å². The Balaban J connectivity index is 1.77. The van der Waals surface area contributed by atoms with Crippen molar-refractivity contribution >= 4 is 23.6 Å². The molecule has 0 aromatic carbocycles. The molecule has 2 unspecified atom stereocenters. The van der Waals surface area contributed by atoms with Crippen LogP contribution in [0.5, 0.6) is 0 Å². The van der Waals surface area contributed by atoms with Crippen LogP contribution in [0, 0.1) is 5.92 Å². The molecule has 1 aliphatic carbocycles. The van der Waals surface area contributed by atoms with Gasteiger partial charge in [0.05, 0.1) is 6.20 Å². The second-order valence-corrected chi connectivity index (χ2v) is 9.66. The van der Waals surface area contributed by atoms with Gasteiger partial charge in [0.25, 0.3) is 0 Å². The molecule has 7 nitrogen and oxygen atoms in total. The highest BCUT2D eigenvalue weighted by Gasteiger charge is 2.60. The lowest BCUT2D eigenvalue weighted by Gasteiger charge is -2.31. The summed E-state index contributed by atoms with van der Waals surface area (Å²) in [4.78, 5) is 24.4. The second kappa shape index (κ2) is 9.09. The summed E-state index contributed by atoms with van der Waals surface area (Å²) >= 11 is 1.29. The lowest BCUT2D eigenvalue weighted by molar-refractivity contribution is -0.877. The van der Waals surface area contributed by atoms with Crippen LogP contribution in [0.3, 0.4) is 0 Å². The van der Waals surface area contributed by atoms with Crippen LogP contribution in [0.4, 0.5) is 0 Å². The largest absolute Gasteiger partial charge is 0.480 e. The van der Waals surface area contributed by atoms with E-state index in [1.807, 2.05) is 31.4 Å². The topological polar surface area (TPSA) is 111 Å². The van der Waals surface area contributed by atoms with Gasteiger partial charge in [-0.1, -0.05) is 12.2 Å². The van der Waals surface area contributed by atoms with Crippen LogP contribution in [0.15, 0.2) is 47.1 Å². The number of carboxylic acid groups (broad SMARTS) is 1. The van der Waals surface area contributed by atoms with Gasteiger partial charge in [0.1, 0.15) is 18.2 Å². The van der Waals surface area contributed by atoms with Gasteiger partial charge < -0.3 is 20.6 Å². The highest BCUT2D eigenvalue weighted by molar-refractivity contribution is 8.03. The maximum atomic E-state index is 11.4. The van der Waals surface area contributed by atoms with E-state index in [0.717, 1.165) is 15.4 Å². The van der Waals surface area contributed by atoms with E-state index in [1.54, 1.807) is 6.92 Å². The first kappa shape index (κ1) is 22.8. The monoisotopic (exact) mass is 435 g/mol. The number of aliphatic hydroxyl groups excluding tert-OH is 1. The van der Waals surface area contributed by atoms with Crippen molar-refractivity contribution in [1.29, 1.82) is 0 Å². The van der Waals surface area contributed by atoms with Gasteiger partial charge >= 0.3 is 5.97 Å². The summed E-state index contributed by atoms with van der Waals surface area (Å²) < 4.78 is 0. The smallest absolute Gasteiger partial charge is 0.327 e. The summed E-state index contributed by atoms with van der Waals surface area (Å²) in [7, 11) is 0. The molecule has 1 saturated heterocycles. The zero-order valence-corrected chi connectivity index (χ0v) is 18.4. The number of amides is 1. The molecule has 3 rings (SSSR count). The van der Waals surface area contributed by atoms with Crippen molar-refractivity contribution < 1.29 is 29.8 Å². The molecule has 2 fully saturated rings. The summed E-state index contributed by atoms with van der Waals surface area (Å²) in [6.07, 6.45) is 13.4. The molecule has 0 spiro atoms. The first-order valence-corrected chi connectivity index (χ1v) is 11.2. The van der Waals surface area contributed by atoms with Crippen molar-refractivity contribution in [3.63, 3.8) is 0 Å². The maximum absolute atomic E-state index is 11.4. The molecule has 0 bridgehead atoms. The Hall–Kier alpha value is -1.87. The number of aliphatic hydroxyl groups is 2. The molecule has 1 amide bonds. The van der Waals surface area contributed by atoms with E-state index in [1.165, 1.54) is 31.5 Å². The second-order valence-electron chi connectivity index (χ2n) is 8.57. The average Bonchev–Trinajstić information content (AvgIpc) is 3.48. The highest BCUT2D eigenvalue weighted by Crippen LogP contribution is 2.35. The van der Waals surface area contributed by atoms with E-state index in [2.05, 4.69) is 17.5 Å². The number of nitrogens with one attached hydrogen (secondary N) is 2. The van der Waals surface area contributed by atoms with Gasteiger partial charge in [-0.2, -0.15) is 0 Å². The predicted octanol–water partition coefficient (Wildman–Crippen LogP) is 0.380. The Kier molecular flexibility index (Phi) is 6.91. The number of thioether (sulfide) groups is 1. The zero-order chi connectivity index (χ0) is 22.1. The first-order chi connectivity index (χ1) is 14.1. The Morgan fingerprint density at radius 1 is 1.40 bits per heavy atom. The molecule has 5 N–H and O–H groups in total. The molecule has 0 aromatic rings. The van der Waals surface area contributed by atoms with Gasteiger partial charge in [-0.25, -0.2) is 4.79 Å². The Bertz CT molecular complexity index is 812. The molecular formula is C22H31N2O5S+. The van der Waals surface area contributed by atoms with Gasteiger partial charge in [0.2, 0.25) is 5.91 Å². The van der Waals surface area contributed by atoms with E-state index >= 15 is 0 Å². The van der Waals surface area contributed by atoms with Gasteiger partial charge in [0.15, 0.2) is 11.6 Å². The number of rotatable bonds is 8. The standard InChI is InChI=1S/C22H30N2O5S/c1-13(6-7-15-8-9-15)11-17-20(26)22(3,29)19-18(5-4-10-24(17)19)30-12-16(21(27)28)23-14(2)25/h4-7,10-11,15-17,19-20,26,29H,8-9,12H2,1-3H3,(H,23,25)(H,27,28)/p+1/b7-6+,13-11+/t16-,17-,19?,20-,22-/m0/s1. The lowest BCUT2D eigenvalue weighted by Crippen LogP contribution is -3.14. The number of aliphatic carboxylic acids is 1. The van der Waals surface area contributed by atoms with Crippen molar-refractivity contribution in [2.24, 2.45) is 5.92 Å². The average molecular weight is 436 g/mol. The normalized spacial score (nSPS) is 34.6. The maximum Gasteiger partial charge on any atom is 0.327 e. The third-order valence-electron chi connectivity index (χ3n) is 5.86. The fourth-order valence-corrected chi connectivity index (χ4v) is 5.39. The molecular weight excluding hydrogens is 404 g/mol. The van der Waals surface area contributed by atoms with Crippen molar-refractivity contribution in [2.45, 2.75) is 63.4 Å². The van der Waals surface area contributed by atoms with E-state index in [-0.39, 0.29) is 11.8 Å². The fraction of sp³-hybridized carbons (Fsp3) is 0.545. The highest BCUT2D eigenvalue weighted by atomic mass is 32.2. The number of hydrogen-bond acceptors (Lipinski definition) is 5. The van der Waals surface area contributed by atoms with E-state index < -0.39 is 35.7 Å². The first-order valence-electron chi connectivity index (χ1n) is 10.3. The quantitative estimate of drug-likeness (QED) is 0.353. The summed E-state index contributed by atoms with van der Waals surface area (Å²) in [5.41, 5.74) is -0.337. The number of fused-ring (bicyclic) bond motifs is 1. The summed E-state index contributed by atoms with van der Waals surface area (Å²) in [6, 6.07) is -1.76. The molecule has 2 aliphatic heterocycles. The van der Waals surface area contributed by atoms with Gasteiger partial charge in [-0.3, -0.25) is 9.69 Å². The van der Waals surface area contributed by atoms with Crippen LogP contribution in [0.1, 0.15) is 33.6 Å². The van der Waals surface area contributed by atoms with Crippen LogP contribution < -0.4 is 10.2 Å². The molecule has 164 valence electrons. The predicted molar refractivity (Wildman–Crippen MR) is 116 cm³/mol. The number of carboxylic acids is 1. The molecule has 0 radical (unpaired) electrons. The number of hydrogen-bond donors (Lipinski definition) is 5. The van der Waals surface area contributed by atoms with Crippen molar-refractivity contribution in [3.8, 4) is 0 Å².